The predicted octanol–water partition coefficient (Wildman–Crippen LogP) is 2.88. The van der Waals surface area contributed by atoms with Gasteiger partial charge in [0.05, 0.1) is 30.5 Å². The van der Waals surface area contributed by atoms with Crippen molar-refractivity contribution in [2.24, 2.45) is 5.10 Å². The summed E-state index contributed by atoms with van der Waals surface area (Å²) in [6.07, 6.45) is 6.66. The van der Waals surface area contributed by atoms with E-state index in [0.717, 1.165) is 16.7 Å². The van der Waals surface area contributed by atoms with E-state index < -0.39 is 0 Å². The van der Waals surface area contributed by atoms with Crippen molar-refractivity contribution in [2.75, 3.05) is 12.0 Å². The third kappa shape index (κ3) is 6.00. The van der Waals surface area contributed by atoms with Gasteiger partial charge in [-0.15, -0.1) is 11.3 Å². The highest BCUT2D eigenvalue weighted by Crippen LogP contribution is 2.16. The molecule has 0 bridgehead atoms. The number of carbonyl (C=O) groups excluding carboxylic acids is 1. The van der Waals surface area contributed by atoms with E-state index in [9.17, 15) is 4.79 Å². The second kappa shape index (κ2) is 9.94. The highest BCUT2D eigenvalue weighted by molar-refractivity contribution is 7.13. The van der Waals surface area contributed by atoms with Crippen LogP contribution in [0.3, 0.4) is 0 Å². The van der Waals surface area contributed by atoms with Crippen LogP contribution in [0.5, 0.6) is 0 Å². The van der Waals surface area contributed by atoms with Crippen LogP contribution in [-0.4, -0.2) is 33.7 Å². The molecule has 0 saturated heterocycles. The fourth-order valence-corrected chi connectivity index (χ4v) is 2.78. The van der Waals surface area contributed by atoms with Crippen molar-refractivity contribution in [3.63, 3.8) is 0 Å². The van der Waals surface area contributed by atoms with Gasteiger partial charge in [0.2, 0.25) is 5.13 Å². The molecule has 3 aromatic rings. The smallest absolute Gasteiger partial charge is 0.311 e. The molecule has 0 aliphatic heterocycles. The SMILES string of the molecule is CCOC(=O)Cc1csc(NN=Cc2ccc(C#Cc3cncnc3)cc2)n1. The van der Waals surface area contributed by atoms with Crippen LogP contribution in [0.1, 0.15) is 29.3 Å². The second-order valence-corrected chi connectivity index (χ2v) is 6.35. The van der Waals surface area contributed by atoms with Crippen molar-refractivity contribution in [3.8, 4) is 11.8 Å². The van der Waals surface area contributed by atoms with Gasteiger partial charge in [0.25, 0.3) is 0 Å². The maximum absolute atomic E-state index is 11.5. The summed E-state index contributed by atoms with van der Waals surface area (Å²) in [5, 5.41) is 6.59. The number of hydrazone groups is 1. The largest absolute Gasteiger partial charge is 0.466 e. The van der Waals surface area contributed by atoms with Gasteiger partial charge in [-0.25, -0.2) is 15.0 Å². The lowest BCUT2D eigenvalue weighted by molar-refractivity contribution is -0.142. The molecular weight excluding hydrogens is 374 g/mol. The summed E-state index contributed by atoms with van der Waals surface area (Å²) >= 11 is 1.38. The summed E-state index contributed by atoms with van der Waals surface area (Å²) in [6, 6.07) is 7.67. The van der Waals surface area contributed by atoms with Crippen LogP contribution < -0.4 is 5.43 Å². The molecule has 0 aliphatic rings. The topological polar surface area (TPSA) is 89.4 Å². The molecule has 0 radical (unpaired) electrons. The number of hydrogen-bond acceptors (Lipinski definition) is 8. The number of thiazole rings is 1. The molecule has 0 unspecified atom stereocenters. The molecule has 2 heterocycles. The predicted molar refractivity (Wildman–Crippen MR) is 108 cm³/mol. The first-order valence-electron chi connectivity index (χ1n) is 8.49. The lowest BCUT2D eigenvalue weighted by atomic mass is 10.1. The number of hydrogen-bond donors (Lipinski definition) is 1. The number of nitrogens with zero attached hydrogens (tertiary/aromatic N) is 4. The molecule has 140 valence electrons. The van der Waals surface area contributed by atoms with Crippen LogP contribution in [0.25, 0.3) is 0 Å². The van der Waals surface area contributed by atoms with E-state index in [2.05, 4.69) is 37.3 Å². The molecule has 1 aromatic carbocycles. The Balaban J connectivity index is 1.53. The van der Waals surface area contributed by atoms with Crippen LogP contribution in [0.15, 0.2) is 53.5 Å². The van der Waals surface area contributed by atoms with Gasteiger partial charge in [0.15, 0.2) is 0 Å². The van der Waals surface area contributed by atoms with E-state index >= 15 is 0 Å². The third-order valence-corrected chi connectivity index (χ3v) is 4.17. The molecule has 7 nitrogen and oxygen atoms in total. The molecule has 28 heavy (non-hydrogen) atoms. The molecule has 0 aliphatic carbocycles. The Morgan fingerprint density at radius 2 is 1.96 bits per heavy atom. The zero-order valence-corrected chi connectivity index (χ0v) is 15.9. The Bertz CT molecular complexity index is 1000. The zero-order chi connectivity index (χ0) is 19.6. The minimum Gasteiger partial charge on any atom is -0.466 e. The molecule has 0 fully saturated rings. The van der Waals surface area contributed by atoms with Crippen molar-refractivity contribution >= 4 is 28.7 Å². The Morgan fingerprint density at radius 1 is 1.21 bits per heavy atom. The van der Waals surface area contributed by atoms with Gasteiger partial charge in [-0.05, 0) is 24.6 Å². The fourth-order valence-electron chi connectivity index (χ4n) is 2.12. The summed E-state index contributed by atoms with van der Waals surface area (Å²) in [5.74, 6) is 5.78. The van der Waals surface area contributed by atoms with E-state index in [-0.39, 0.29) is 12.4 Å². The van der Waals surface area contributed by atoms with Crippen molar-refractivity contribution in [2.45, 2.75) is 13.3 Å². The van der Waals surface area contributed by atoms with Gasteiger partial charge in [-0.1, -0.05) is 24.0 Å². The average molecular weight is 391 g/mol. The quantitative estimate of drug-likeness (QED) is 0.301. The van der Waals surface area contributed by atoms with Crippen molar-refractivity contribution in [1.29, 1.82) is 0 Å². The van der Waals surface area contributed by atoms with Crippen molar-refractivity contribution < 1.29 is 9.53 Å². The van der Waals surface area contributed by atoms with E-state index in [1.165, 1.54) is 17.7 Å². The molecule has 0 saturated carbocycles. The van der Waals surface area contributed by atoms with Gasteiger partial charge < -0.3 is 4.74 Å². The molecule has 0 amide bonds. The van der Waals surface area contributed by atoms with Crippen LogP contribution >= 0.6 is 11.3 Å². The normalized spacial score (nSPS) is 10.3. The number of esters is 1. The Hall–Kier alpha value is -3.57. The first kappa shape index (κ1) is 19.2. The van der Waals surface area contributed by atoms with Gasteiger partial charge in [-0.2, -0.15) is 5.10 Å². The third-order valence-electron chi connectivity index (χ3n) is 3.38. The van der Waals surface area contributed by atoms with Crippen LogP contribution in [0.2, 0.25) is 0 Å². The molecular formula is C20H17N5O2S. The lowest BCUT2D eigenvalue weighted by Crippen LogP contribution is -2.07. The van der Waals surface area contributed by atoms with E-state index in [4.69, 9.17) is 4.74 Å². The molecule has 0 spiro atoms. The second-order valence-electron chi connectivity index (χ2n) is 5.49. The summed E-state index contributed by atoms with van der Waals surface area (Å²) in [4.78, 5) is 23.6. The average Bonchev–Trinajstić information content (AvgIpc) is 3.15. The Labute approximate surface area is 166 Å². The highest BCUT2D eigenvalue weighted by atomic mass is 32.1. The number of carbonyl (C=O) groups is 1. The van der Waals surface area contributed by atoms with Crippen LogP contribution in [0, 0.1) is 11.8 Å². The standard InChI is InChI=1S/C20H17N5O2S/c1-2-27-19(26)9-18-13-28-20(24-18)25-23-12-16-6-3-15(4-7-16)5-8-17-10-21-14-22-11-17/h3-4,6-7,10-14H,2,9H2,1H3,(H,24,25). The summed E-state index contributed by atoms with van der Waals surface area (Å²) < 4.78 is 4.91. The van der Waals surface area contributed by atoms with Crippen LogP contribution in [0.4, 0.5) is 5.13 Å². The van der Waals surface area contributed by atoms with Crippen LogP contribution in [-0.2, 0) is 16.0 Å². The molecule has 2 aromatic heterocycles. The van der Waals surface area contributed by atoms with E-state index in [0.29, 0.717) is 17.4 Å². The molecule has 0 atom stereocenters. The number of rotatable bonds is 6. The molecule has 1 N–H and O–H groups in total. The first-order chi connectivity index (χ1) is 13.7. The maximum Gasteiger partial charge on any atom is 0.311 e. The Morgan fingerprint density at radius 3 is 2.71 bits per heavy atom. The number of nitrogens with one attached hydrogen (secondary N) is 1. The minimum atomic E-state index is -0.286. The van der Waals surface area contributed by atoms with E-state index in [1.54, 1.807) is 30.9 Å². The zero-order valence-electron chi connectivity index (χ0n) is 15.1. The van der Waals surface area contributed by atoms with Gasteiger partial charge in [0.1, 0.15) is 6.33 Å². The van der Waals surface area contributed by atoms with Gasteiger partial charge in [-0.3, -0.25) is 10.2 Å². The van der Waals surface area contributed by atoms with Gasteiger partial charge >= 0.3 is 5.97 Å². The molecule has 8 heteroatoms. The van der Waals surface area contributed by atoms with Crippen molar-refractivity contribution in [1.82, 2.24) is 15.0 Å². The number of aromatic nitrogens is 3. The summed E-state index contributed by atoms with van der Waals surface area (Å²) in [5.41, 5.74) is 6.10. The summed E-state index contributed by atoms with van der Waals surface area (Å²) in [7, 11) is 0. The minimum absolute atomic E-state index is 0.160. The van der Waals surface area contributed by atoms with Crippen molar-refractivity contribution in [3.05, 3.63) is 70.8 Å². The monoisotopic (exact) mass is 391 g/mol. The highest BCUT2D eigenvalue weighted by Gasteiger charge is 2.07. The summed E-state index contributed by atoms with van der Waals surface area (Å²) in [6.45, 7) is 2.14. The molecule has 3 rings (SSSR count). The number of ether oxygens (including phenoxy) is 1. The van der Waals surface area contributed by atoms with Gasteiger partial charge in [0, 0.05) is 23.3 Å². The lowest BCUT2D eigenvalue weighted by Gasteiger charge is -1.98. The first-order valence-corrected chi connectivity index (χ1v) is 9.37. The number of benzene rings is 1. The maximum atomic E-state index is 11.5. The number of anilines is 1. The Kier molecular flexibility index (Phi) is 6.82. The van der Waals surface area contributed by atoms with E-state index in [1.807, 2.05) is 24.3 Å². The fraction of sp³-hybridized carbons (Fsp3) is 0.150.